The second-order valence-corrected chi connectivity index (χ2v) is 11.3. The van der Waals surface area contributed by atoms with Gasteiger partial charge < -0.3 is 0 Å². The van der Waals surface area contributed by atoms with E-state index in [4.69, 9.17) is 4.98 Å². The highest BCUT2D eigenvalue weighted by atomic mass is 32.2. The molecule has 0 aliphatic heterocycles. The molecule has 0 atom stereocenters. The molecule has 0 N–H and O–H groups in total. The fraction of sp³-hybridized carbons (Fsp3) is 0.800. The normalized spacial score (nSPS) is 12.6. The van der Waals surface area contributed by atoms with E-state index in [2.05, 4.69) is 60.6 Å². The first-order chi connectivity index (χ1) is 12.6. The Hall–Kier alpha value is -0.500. The van der Waals surface area contributed by atoms with Gasteiger partial charge in [0.2, 0.25) is 0 Å². The van der Waals surface area contributed by atoms with E-state index >= 15 is 0 Å². The lowest BCUT2D eigenvalue weighted by atomic mass is 9.88. The van der Waals surface area contributed by atoms with Gasteiger partial charge >= 0.3 is 0 Å². The molecule has 0 saturated heterocycles. The van der Waals surface area contributed by atoms with Crippen molar-refractivity contribution >= 4 is 11.8 Å². The predicted octanol–water partition coefficient (Wildman–Crippen LogP) is 8.69. The lowest BCUT2D eigenvalue weighted by molar-refractivity contribution is 0.528. The van der Waals surface area contributed by atoms with Crippen LogP contribution in [0.25, 0.3) is 0 Å². The molecule has 0 amide bonds. The van der Waals surface area contributed by atoms with Crippen molar-refractivity contribution in [2.45, 2.75) is 128 Å². The molecule has 156 valence electrons. The zero-order valence-electron chi connectivity index (χ0n) is 19.3. The number of pyridine rings is 1. The summed E-state index contributed by atoms with van der Waals surface area (Å²) in [6.07, 6.45) is 14.1. The molecule has 0 aromatic carbocycles. The van der Waals surface area contributed by atoms with E-state index in [1.165, 1.54) is 86.2 Å². The molecule has 0 radical (unpaired) electrons. The molecular weight excluding hydrogens is 346 g/mol. The first-order valence-corrected chi connectivity index (χ1v) is 12.3. The van der Waals surface area contributed by atoms with Gasteiger partial charge in [0.15, 0.2) is 0 Å². The van der Waals surface area contributed by atoms with Crippen LogP contribution in [0.5, 0.6) is 0 Å². The molecule has 0 unspecified atom stereocenters. The van der Waals surface area contributed by atoms with Crippen LogP contribution in [0, 0.1) is 0 Å². The maximum Gasteiger partial charge on any atom is 0.0471 e. The smallest absolute Gasteiger partial charge is 0.0471 e. The van der Waals surface area contributed by atoms with E-state index in [9.17, 15) is 0 Å². The highest BCUT2D eigenvalue weighted by Crippen LogP contribution is 2.31. The summed E-state index contributed by atoms with van der Waals surface area (Å²) in [5.41, 5.74) is 2.66. The third kappa shape index (κ3) is 10.6. The fourth-order valence-electron chi connectivity index (χ4n) is 3.14. The van der Waals surface area contributed by atoms with Crippen LogP contribution in [-0.4, -0.2) is 10.7 Å². The van der Waals surface area contributed by atoms with E-state index in [0.29, 0.717) is 0 Å². The zero-order valence-corrected chi connectivity index (χ0v) is 20.1. The summed E-state index contributed by atoms with van der Waals surface area (Å²) in [6, 6.07) is 4.63. The lowest BCUT2D eigenvalue weighted by Gasteiger charge is -2.24. The van der Waals surface area contributed by atoms with Crippen LogP contribution >= 0.6 is 11.8 Å². The first-order valence-electron chi connectivity index (χ1n) is 11.3. The average Bonchev–Trinajstić information content (AvgIpc) is 2.58. The Kier molecular flexibility index (Phi) is 11.0. The summed E-state index contributed by atoms with van der Waals surface area (Å²) in [6.45, 7) is 15.9. The summed E-state index contributed by atoms with van der Waals surface area (Å²) < 4.78 is 0. The quantitative estimate of drug-likeness (QED) is 0.261. The Bertz CT molecular complexity index is 490. The van der Waals surface area contributed by atoms with Gasteiger partial charge in [-0.3, -0.25) is 4.98 Å². The third-order valence-corrected chi connectivity index (χ3v) is 6.16. The zero-order chi connectivity index (χ0) is 20.3. The van der Waals surface area contributed by atoms with Crippen molar-refractivity contribution in [1.29, 1.82) is 0 Å². The van der Waals surface area contributed by atoms with Crippen LogP contribution in [-0.2, 0) is 10.8 Å². The van der Waals surface area contributed by atoms with Gasteiger partial charge in [0.1, 0.15) is 0 Å². The highest BCUT2D eigenvalue weighted by Gasteiger charge is 2.22. The molecule has 1 aromatic heterocycles. The molecule has 27 heavy (non-hydrogen) atoms. The SMILES string of the molecule is CCCCCCCCCCCCSc1cc(C(C)(C)C)nc(C(C)(C)C)c1. The van der Waals surface area contributed by atoms with Gasteiger partial charge in [-0.05, 0) is 24.3 Å². The number of hydrogen-bond acceptors (Lipinski definition) is 2. The van der Waals surface area contributed by atoms with Crippen molar-refractivity contribution in [3.63, 3.8) is 0 Å². The molecule has 0 fully saturated rings. The minimum atomic E-state index is 0.105. The van der Waals surface area contributed by atoms with Gasteiger partial charge in [-0.2, -0.15) is 0 Å². The van der Waals surface area contributed by atoms with Crippen molar-refractivity contribution in [2.24, 2.45) is 0 Å². The van der Waals surface area contributed by atoms with Crippen molar-refractivity contribution in [3.8, 4) is 0 Å². The van der Waals surface area contributed by atoms with Crippen molar-refractivity contribution in [2.75, 3.05) is 5.75 Å². The number of rotatable bonds is 12. The first kappa shape index (κ1) is 24.5. The number of hydrogen-bond donors (Lipinski definition) is 0. The van der Waals surface area contributed by atoms with E-state index < -0.39 is 0 Å². The number of nitrogens with zero attached hydrogens (tertiary/aromatic N) is 1. The number of unbranched alkanes of at least 4 members (excludes halogenated alkanes) is 9. The Morgan fingerprint density at radius 1 is 0.667 bits per heavy atom. The van der Waals surface area contributed by atoms with Crippen molar-refractivity contribution in [3.05, 3.63) is 23.5 Å². The van der Waals surface area contributed by atoms with Crippen molar-refractivity contribution in [1.82, 2.24) is 4.98 Å². The van der Waals surface area contributed by atoms with Crippen LogP contribution in [0.4, 0.5) is 0 Å². The van der Waals surface area contributed by atoms with E-state index in [0.717, 1.165) is 0 Å². The van der Waals surface area contributed by atoms with Crippen LogP contribution in [0.1, 0.15) is 124 Å². The molecule has 0 saturated carbocycles. The maximum atomic E-state index is 4.97. The Labute approximate surface area is 174 Å². The van der Waals surface area contributed by atoms with Gasteiger partial charge in [0.05, 0.1) is 0 Å². The second-order valence-electron chi connectivity index (χ2n) is 10.1. The van der Waals surface area contributed by atoms with Crippen LogP contribution < -0.4 is 0 Å². The maximum absolute atomic E-state index is 4.97. The van der Waals surface area contributed by atoms with E-state index in [1.54, 1.807) is 0 Å². The largest absolute Gasteiger partial charge is 0.257 e. The average molecular weight is 392 g/mol. The molecule has 0 spiro atoms. The monoisotopic (exact) mass is 391 g/mol. The van der Waals surface area contributed by atoms with Gasteiger partial charge in [-0.15, -0.1) is 11.8 Å². The molecule has 0 aliphatic carbocycles. The van der Waals surface area contributed by atoms with E-state index in [1.807, 2.05) is 11.8 Å². The van der Waals surface area contributed by atoms with Gasteiger partial charge in [-0.25, -0.2) is 0 Å². The lowest BCUT2D eigenvalue weighted by Crippen LogP contribution is -2.20. The summed E-state index contributed by atoms with van der Waals surface area (Å²) in [7, 11) is 0. The Balaban J connectivity index is 2.36. The molecule has 2 heteroatoms. The second kappa shape index (κ2) is 12.1. The van der Waals surface area contributed by atoms with Crippen LogP contribution in [0.3, 0.4) is 0 Å². The summed E-state index contributed by atoms with van der Waals surface area (Å²) in [5.74, 6) is 1.23. The molecule has 0 bridgehead atoms. The molecule has 0 aliphatic rings. The molecule has 1 heterocycles. The highest BCUT2D eigenvalue weighted by molar-refractivity contribution is 7.99. The summed E-state index contributed by atoms with van der Waals surface area (Å²) in [4.78, 5) is 6.37. The molecule has 1 rings (SSSR count). The molecular formula is C25H45NS. The Morgan fingerprint density at radius 2 is 1.07 bits per heavy atom. The third-order valence-electron chi connectivity index (χ3n) is 5.10. The fourth-order valence-corrected chi connectivity index (χ4v) is 4.11. The summed E-state index contributed by atoms with van der Waals surface area (Å²) >= 11 is 2.02. The van der Waals surface area contributed by atoms with Gasteiger partial charge in [-0.1, -0.05) is 106 Å². The van der Waals surface area contributed by atoms with Crippen molar-refractivity contribution < 1.29 is 0 Å². The molecule has 1 aromatic rings. The minimum absolute atomic E-state index is 0.105. The minimum Gasteiger partial charge on any atom is -0.257 e. The standard InChI is InChI=1S/C25H45NS/c1-8-9-10-11-12-13-14-15-16-17-18-27-21-19-22(24(2,3)4)26-23(20-21)25(5,6)7/h19-20H,8-18H2,1-7H3. The van der Waals surface area contributed by atoms with Gasteiger partial charge in [0.25, 0.3) is 0 Å². The molecule has 1 nitrogen and oxygen atoms in total. The topological polar surface area (TPSA) is 12.9 Å². The van der Waals surface area contributed by atoms with E-state index in [-0.39, 0.29) is 10.8 Å². The van der Waals surface area contributed by atoms with Crippen LogP contribution in [0.2, 0.25) is 0 Å². The Morgan fingerprint density at radius 3 is 1.48 bits per heavy atom. The van der Waals surface area contributed by atoms with Crippen LogP contribution in [0.15, 0.2) is 17.0 Å². The summed E-state index contributed by atoms with van der Waals surface area (Å²) in [5, 5.41) is 0. The number of thioether (sulfide) groups is 1. The number of aromatic nitrogens is 1. The predicted molar refractivity (Wildman–Crippen MR) is 124 cm³/mol. The van der Waals surface area contributed by atoms with Gasteiger partial charge in [0, 0.05) is 27.1 Å².